The molecule has 6 nitrogen and oxygen atoms in total. The number of nitrogens with one attached hydrogen (secondary N) is 1. The second kappa shape index (κ2) is 8.14. The van der Waals surface area contributed by atoms with E-state index in [9.17, 15) is 4.79 Å². The largest absolute Gasteiger partial charge is 0.487 e. The highest BCUT2D eigenvalue weighted by molar-refractivity contribution is 6.30. The molecule has 31 heavy (non-hydrogen) atoms. The summed E-state index contributed by atoms with van der Waals surface area (Å²) in [5.74, 6) is 1.70. The molecule has 4 heterocycles. The van der Waals surface area contributed by atoms with Crippen molar-refractivity contribution >= 4 is 17.5 Å². The number of H-pyrrole nitrogens is 1. The van der Waals surface area contributed by atoms with Gasteiger partial charge < -0.3 is 14.4 Å². The van der Waals surface area contributed by atoms with Crippen molar-refractivity contribution in [2.24, 2.45) is 11.8 Å². The number of carbonyl (C=O) groups excluding carboxylic acids is 1. The molecule has 3 aliphatic rings. The monoisotopic (exact) mass is 443 g/mol. The molecule has 5 rings (SSSR count). The van der Waals surface area contributed by atoms with Crippen LogP contribution >= 0.6 is 11.6 Å². The molecule has 1 aromatic carbocycles. The summed E-state index contributed by atoms with van der Waals surface area (Å²) in [6, 6.07) is 5.82. The number of likely N-dealkylation sites (tertiary alicyclic amines) is 1. The van der Waals surface area contributed by atoms with E-state index in [2.05, 4.69) is 24.0 Å². The fraction of sp³-hybridized carbons (Fsp3) is 0.583. The summed E-state index contributed by atoms with van der Waals surface area (Å²) in [5.41, 5.74) is 1.89. The lowest BCUT2D eigenvalue weighted by molar-refractivity contribution is -0.188. The Morgan fingerprint density at radius 3 is 3.06 bits per heavy atom. The van der Waals surface area contributed by atoms with Crippen molar-refractivity contribution in [1.82, 2.24) is 15.1 Å². The number of carbonyl (C=O) groups is 1. The van der Waals surface area contributed by atoms with Gasteiger partial charge in [0.1, 0.15) is 11.4 Å². The molecule has 3 aliphatic heterocycles. The molecule has 1 N–H and O–H groups in total. The van der Waals surface area contributed by atoms with E-state index in [4.69, 9.17) is 21.1 Å². The predicted octanol–water partition coefficient (Wildman–Crippen LogP) is 4.55. The van der Waals surface area contributed by atoms with Crippen LogP contribution in [0.15, 0.2) is 30.6 Å². The Morgan fingerprint density at radius 2 is 2.26 bits per heavy atom. The molecular formula is C24H30ClN3O3. The van der Waals surface area contributed by atoms with Gasteiger partial charge in [0.15, 0.2) is 0 Å². The van der Waals surface area contributed by atoms with E-state index < -0.39 is 0 Å². The lowest BCUT2D eigenvalue weighted by Crippen LogP contribution is -2.56. The van der Waals surface area contributed by atoms with E-state index in [1.165, 1.54) is 0 Å². The summed E-state index contributed by atoms with van der Waals surface area (Å²) in [5, 5.41) is 7.50. The molecule has 166 valence electrons. The highest BCUT2D eigenvalue weighted by Gasteiger charge is 2.51. The highest BCUT2D eigenvalue weighted by Crippen LogP contribution is 2.53. The molecule has 4 atom stereocenters. The van der Waals surface area contributed by atoms with Crippen LogP contribution in [0.1, 0.15) is 56.8 Å². The van der Waals surface area contributed by atoms with Crippen molar-refractivity contribution in [3.05, 3.63) is 46.7 Å². The van der Waals surface area contributed by atoms with Gasteiger partial charge in [0.2, 0.25) is 5.91 Å². The molecular weight excluding hydrogens is 414 g/mol. The molecule has 0 aliphatic carbocycles. The molecule has 7 heteroatoms. The van der Waals surface area contributed by atoms with E-state index in [1.807, 2.05) is 35.5 Å². The minimum Gasteiger partial charge on any atom is -0.487 e. The van der Waals surface area contributed by atoms with Gasteiger partial charge in [-0.3, -0.25) is 9.89 Å². The molecule has 0 saturated carbocycles. The number of hydrogen-bond donors (Lipinski definition) is 1. The number of amides is 1. The zero-order valence-corrected chi connectivity index (χ0v) is 18.9. The van der Waals surface area contributed by atoms with Gasteiger partial charge in [-0.25, -0.2) is 0 Å². The number of aryl methyl sites for hydroxylation is 1. The van der Waals surface area contributed by atoms with Gasteiger partial charge in [0, 0.05) is 48.1 Å². The van der Waals surface area contributed by atoms with Crippen LogP contribution in [0.3, 0.4) is 0 Å². The van der Waals surface area contributed by atoms with Crippen molar-refractivity contribution in [3.8, 4) is 5.75 Å². The SMILES string of the molecule is CC1(C)Oc2ccc(Cl)cc2[C@H]2O[C@H]3CCN(C(=O)CCCc4cn[nH]c4)C[C@@H]3C[C@@H]21. The molecule has 2 fully saturated rings. The maximum atomic E-state index is 12.8. The van der Waals surface area contributed by atoms with Crippen molar-refractivity contribution in [3.63, 3.8) is 0 Å². The van der Waals surface area contributed by atoms with Crippen LogP contribution in [0, 0.1) is 11.8 Å². The number of rotatable bonds is 4. The second-order valence-electron chi connectivity index (χ2n) is 9.67. The summed E-state index contributed by atoms with van der Waals surface area (Å²) in [4.78, 5) is 14.9. The third-order valence-electron chi connectivity index (χ3n) is 7.22. The number of ether oxygens (including phenoxy) is 2. The van der Waals surface area contributed by atoms with Gasteiger partial charge in [-0.2, -0.15) is 5.10 Å². The van der Waals surface area contributed by atoms with E-state index in [0.717, 1.165) is 55.6 Å². The smallest absolute Gasteiger partial charge is 0.222 e. The number of halogens is 1. The molecule has 2 aromatic rings. The second-order valence-corrected chi connectivity index (χ2v) is 10.1. The fourth-order valence-electron chi connectivity index (χ4n) is 5.52. The van der Waals surface area contributed by atoms with Crippen LogP contribution in [0.2, 0.25) is 5.02 Å². The first-order valence-corrected chi connectivity index (χ1v) is 11.7. The normalized spacial score (nSPS) is 28.8. The van der Waals surface area contributed by atoms with E-state index >= 15 is 0 Å². The number of aromatic amines is 1. The van der Waals surface area contributed by atoms with Crippen LogP contribution in [0.4, 0.5) is 0 Å². The van der Waals surface area contributed by atoms with Crippen LogP contribution < -0.4 is 4.74 Å². The third-order valence-corrected chi connectivity index (χ3v) is 7.45. The van der Waals surface area contributed by atoms with E-state index in [-0.39, 0.29) is 29.6 Å². The van der Waals surface area contributed by atoms with Crippen molar-refractivity contribution < 1.29 is 14.3 Å². The first kappa shape index (κ1) is 20.8. The zero-order valence-electron chi connectivity index (χ0n) is 18.1. The fourth-order valence-corrected chi connectivity index (χ4v) is 5.70. The Labute approximate surface area is 188 Å². The van der Waals surface area contributed by atoms with Crippen LogP contribution in [-0.4, -0.2) is 45.8 Å². The van der Waals surface area contributed by atoms with E-state index in [0.29, 0.717) is 17.4 Å². The molecule has 1 aromatic heterocycles. The molecule has 0 spiro atoms. The Balaban J connectivity index is 1.25. The Morgan fingerprint density at radius 1 is 1.39 bits per heavy atom. The topological polar surface area (TPSA) is 67.5 Å². The lowest BCUT2D eigenvalue weighted by Gasteiger charge is -2.53. The number of piperidine rings is 1. The van der Waals surface area contributed by atoms with Gasteiger partial charge >= 0.3 is 0 Å². The first-order valence-electron chi connectivity index (χ1n) is 11.3. The Bertz CT molecular complexity index is 946. The Kier molecular flexibility index (Phi) is 5.47. The summed E-state index contributed by atoms with van der Waals surface area (Å²) < 4.78 is 13.0. The molecule has 0 bridgehead atoms. The van der Waals surface area contributed by atoms with E-state index in [1.54, 1.807) is 0 Å². The highest BCUT2D eigenvalue weighted by atomic mass is 35.5. The minimum absolute atomic E-state index is 0.00379. The van der Waals surface area contributed by atoms with Crippen molar-refractivity contribution in [2.75, 3.05) is 13.1 Å². The van der Waals surface area contributed by atoms with Crippen LogP contribution in [0.25, 0.3) is 0 Å². The van der Waals surface area contributed by atoms with Crippen LogP contribution in [-0.2, 0) is 16.0 Å². The quantitative estimate of drug-likeness (QED) is 0.752. The van der Waals surface area contributed by atoms with Gasteiger partial charge in [-0.1, -0.05) is 11.6 Å². The first-order chi connectivity index (χ1) is 14.9. The molecule has 0 unspecified atom stereocenters. The summed E-state index contributed by atoms with van der Waals surface area (Å²) >= 11 is 6.28. The number of nitrogens with zero attached hydrogens (tertiary/aromatic N) is 2. The van der Waals surface area contributed by atoms with Gasteiger partial charge in [-0.05, 0) is 63.3 Å². The number of benzene rings is 1. The average molecular weight is 444 g/mol. The Hall–Kier alpha value is -2.05. The third kappa shape index (κ3) is 4.08. The number of hydrogen-bond acceptors (Lipinski definition) is 4. The summed E-state index contributed by atoms with van der Waals surface area (Å²) in [6.07, 6.45) is 8.08. The maximum absolute atomic E-state index is 12.8. The minimum atomic E-state index is -0.326. The van der Waals surface area contributed by atoms with Crippen molar-refractivity contribution in [2.45, 2.75) is 63.8 Å². The summed E-state index contributed by atoms with van der Waals surface area (Å²) in [6.45, 7) is 5.84. The zero-order chi connectivity index (χ0) is 21.6. The van der Waals surface area contributed by atoms with Crippen LogP contribution in [0.5, 0.6) is 5.75 Å². The van der Waals surface area contributed by atoms with Gasteiger partial charge in [0.25, 0.3) is 0 Å². The molecule has 2 saturated heterocycles. The average Bonchev–Trinajstić information content (AvgIpc) is 3.26. The number of aromatic nitrogens is 2. The lowest BCUT2D eigenvalue weighted by atomic mass is 9.70. The van der Waals surface area contributed by atoms with Gasteiger partial charge in [-0.15, -0.1) is 0 Å². The molecule has 1 amide bonds. The maximum Gasteiger partial charge on any atom is 0.222 e. The van der Waals surface area contributed by atoms with Crippen molar-refractivity contribution in [1.29, 1.82) is 0 Å². The number of fused-ring (bicyclic) bond motifs is 4. The van der Waals surface area contributed by atoms with Gasteiger partial charge in [0.05, 0.1) is 18.4 Å². The standard InChI is InChI=1S/C24H30ClN3O3/c1-24(2)19-10-16-14-28(22(29)5-3-4-15-12-26-27-13-15)9-8-20(16)30-23(19)18-11-17(25)6-7-21(18)31-24/h6-7,11-13,16,19-20,23H,3-5,8-10,14H2,1-2H3,(H,26,27)/t16-,19-,20-,23+/m0/s1. The predicted molar refractivity (Wildman–Crippen MR) is 118 cm³/mol. The molecule has 0 radical (unpaired) electrons. The summed E-state index contributed by atoms with van der Waals surface area (Å²) in [7, 11) is 0.